The fourth-order valence-corrected chi connectivity index (χ4v) is 8.26. The number of fused-ring (bicyclic) bond motifs is 1. The molecule has 2 heterocycles. The summed E-state index contributed by atoms with van der Waals surface area (Å²) in [5.74, 6) is 4.33. The molecular formula is C25H34ClN3O. The van der Waals surface area contributed by atoms with Gasteiger partial charge in [-0.3, -0.25) is 9.69 Å². The van der Waals surface area contributed by atoms with Crippen LogP contribution in [0.4, 0.5) is 0 Å². The molecule has 0 spiro atoms. The molecule has 2 saturated heterocycles. The van der Waals surface area contributed by atoms with Crippen LogP contribution in [0.25, 0.3) is 0 Å². The molecule has 2 atom stereocenters. The van der Waals surface area contributed by atoms with Crippen molar-refractivity contribution in [1.29, 1.82) is 0 Å². The van der Waals surface area contributed by atoms with Crippen LogP contribution in [0, 0.1) is 35.0 Å². The molecule has 7 rings (SSSR count). The van der Waals surface area contributed by atoms with Gasteiger partial charge in [0.25, 0.3) is 5.91 Å². The van der Waals surface area contributed by atoms with Gasteiger partial charge in [0.1, 0.15) is 0 Å². The van der Waals surface area contributed by atoms with Crippen LogP contribution in [0.5, 0.6) is 0 Å². The van der Waals surface area contributed by atoms with Crippen molar-refractivity contribution in [3.8, 4) is 0 Å². The second kappa shape index (κ2) is 7.50. The first-order chi connectivity index (χ1) is 14.6. The van der Waals surface area contributed by atoms with Gasteiger partial charge in [0.15, 0.2) is 0 Å². The van der Waals surface area contributed by atoms with Gasteiger partial charge in [-0.05, 0) is 104 Å². The lowest BCUT2D eigenvalue weighted by Gasteiger charge is -2.56. The predicted molar refractivity (Wildman–Crippen MR) is 120 cm³/mol. The summed E-state index contributed by atoms with van der Waals surface area (Å²) in [7, 11) is 0. The van der Waals surface area contributed by atoms with E-state index in [1.807, 2.05) is 12.1 Å². The number of carbonyl (C=O) groups excluding carboxylic acids is 1. The molecular weight excluding hydrogens is 394 g/mol. The molecule has 0 unspecified atom stereocenters. The van der Waals surface area contributed by atoms with Gasteiger partial charge in [-0.25, -0.2) is 0 Å². The Labute approximate surface area is 185 Å². The molecule has 1 aromatic carbocycles. The highest BCUT2D eigenvalue weighted by atomic mass is 35.5. The SMILES string of the molecule is O=C(NCC12CC3CC(CC(C3)C1)C2)c1cc(CN2C[C@H]3CNC[C@H]3C2)ccc1Cl. The van der Waals surface area contributed by atoms with Crippen LogP contribution >= 0.6 is 11.6 Å². The third kappa shape index (κ3) is 3.59. The zero-order valence-corrected chi connectivity index (χ0v) is 18.6. The average Bonchev–Trinajstić information content (AvgIpc) is 3.28. The van der Waals surface area contributed by atoms with Crippen LogP contribution in [0.3, 0.4) is 0 Å². The van der Waals surface area contributed by atoms with E-state index in [1.165, 1.54) is 44.1 Å². The number of benzene rings is 1. The first-order valence-corrected chi connectivity index (χ1v) is 12.4. The van der Waals surface area contributed by atoms with E-state index < -0.39 is 0 Å². The highest BCUT2D eigenvalue weighted by Gasteiger charge is 2.50. The van der Waals surface area contributed by atoms with Crippen LogP contribution < -0.4 is 10.6 Å². The largest absolute Gasteiger partial charge is 0.351 e. The van der Waals surface area contributed by atoms with E-state index in [9.17, 15) is 4.79 Å². The van der Waals surface area contributed by atoms with Crippen molar-refractivity contribution in [2.24, 2.45) is 35.0 Å². The lowest BCUT2D eigenvalue weighted by Crippen LogP contribution is -2.51. The molecule has 4 aliphatic carbocycles. The molecule has 0 aromatic heterocycles. The molecule has 6 aliphatic rings. The molecule has 2 N–H and O–H groups in total. The highest BCUT2D eigenvalue weighted by molar-refractivity contribution is 6.33. The Morgan fingerprint density at radius 2 is 1.70 bits per heavy atom. The Hall–Kier alpha value is -1.10. The summed E-state index contributed by atoms with van der Waals surface area (Å²) >= 11 is 6.46. The summed E-state index contributed by atoms with van der Waals surface area (Å²) in [6.07, 6.45) is 8.28. The van der Waals surface area contributed by atoms with Crippen LogP contribution in [0.15, 0.2) is 18.2 Å². The Morgan fingerprint density at radius 1 is 1.07 bits per heavy atom. The molecule has 1 aromatic rings. The van der Waals surface area contributed by atoms with Crippen LogP contribution in [-0.4, -0.2) is 43.5 Å². The first kappa shape index (κ1) is 19.6. The maximum absolute atomic E-state index is 13.1. The number of amides is 1. The number of halogens is 1. The number of rotatable bonds is 5. The van der Waals surface area contributed by atoms with Gasteiger partial charge in [-0.2, -0.15) is 0 Å². The number of nitrogens with zero attached hydrogens (tertiary/aromatic N) is 1. The minimum absolute atomic E-state index is 0.0140. The van der Waals surface area contributed by atoms with Crippen molar-refractivity contribution in [2.45, 2.75) is 45.1 Å². The molecule has 4 saturated carbocycles. The number of hydrogen-bond donors (Lipinski definition) is 2. The van der Waals surface area contributed by atoms with Crippen molar-refractivity contribution in [1.82, 2.24) is 15.5 Å². The van der Waals surface area contributed by atoms with Crippen LogP contribution in [0.2, 0.25) is 5.02 Å². The number of likely N-dealkylation sites (tertiary alicyclic amines) is 1. The summed E-state index contributed by atoms with van der Waals surface area (Å²) in [6, 6.07) is 6.03. The molecule has 4 nitrogen and oxygen atoms in total. The number of nitrogens with one attached hydrogen (secondary N) is 2. The molecule has 6 fully saturated rings. The third-order valence-corrected chi connectivity index (χ3v) is 9.27. The molecule has 1 amide bonds. The van der Waals surface area contributed by atoms with Crippen LogP contribution in [0.1, 0.15) is 54.4 Å². The van der Waals surface area contributed by atoms with Gasteiger partial charge in [0.2, 0.25) is 0 Å². The summed E-state index contributed by atoms with van der Waals surface area (Å²) < 4.78 is 0. The van der Waals surface area contributed by atoms with Gasteiger partial charge in [-0.15, -0.1) is 0 Å². The summed E-state index contributed by atoms with van der Waals surface area (Å²) in [5, 5.41) is 7.38. The Bertz CT molecular complexity index is 792. The van der Waals surface area contributed by atoms with Crippen molar-refractivity contribution >= 4 is 17.5 Å². The second-order valence-corrected chi connectivity index (χ2v) is 11.7. The lowest BCUT2D eigenvalue weighted by atomic mass is 9.49. The molecule has 162 valence electrons. The summed E-state index contributed by atoms with van der Waals surface area (Å²) in [5.41, 5.74) is 2.21. The standard InChI is InChI=1S/C25H34ClN3O/c26-23-2-1-16(12-29-13-20-10-27-11-21(20)14-29)6-22(23)24(30)28-15-25-7-17-3-18(8-25)5-19(4-17)9-25/h1-2,6,17-21,27H,3-5,7-15H2,(H,28,30)/t17?,18?,19?,20-,21+,25?. The van der Waals surface area contributed by atoms with Crippen molar-refractivity contribution in [3.63, 3.8) is 0 Å². The molecule has 30 heavy (non-hydrogen) atoms. The first-order valence-electron chi connectivity index (χ1n) is 12.0. The fraction of sp³-hybridized carbons (Fsp3) is 0.720. The van der Waals surface area contributed by atoms with Gasteiger partial charge >= 0.3 is 0 Å². The van der Waals surface area contributed by atoms with E-state index in [1.54, 1.807) is 0 Å². The minimum Gasteiger partial charge on any atom is -0.351 e. The van der Waals surface area contributed by atoms with E-state index >= 15 is 0 Å². The zero-order valence-electron chi connectivity index (χ0n) is 17.8. The Kier molecular flexibility index (Phi) is 4.89. The van der Waals surface area contributed by atoms with Gasteiger partial charge in [0, 0.05) is 26.2 Å². The minimum atomic E-state index is 0.0140. The summed E-state index contributed by atoms with van der Waals surface area (Å²) in [6.45, 7) is 6.37. The van der Waals surface area contributed by atoms with Crippen molar-refractivity contribution < 1.29 is 4.79 Å². The van der Waals surface area contributed by atoms with Crippen LogP contribution in [-0.2, 0) is 6.54 Å². The fourth-order valence-electron chi connectivity index (χ4n) is 8.05. The molecule has 4 bridgehead atoms. The average molecular weight is 428 g/mol. The predicted octanol–water partition coefficient (Wildman–Crippen LogP) is 3.94. The maximum Gasteiger partial charge on any atom is 0.252 e. The molecule has 0 radical (unpaired) electrons. The topological polar surface area (TPSA) is 44.4 Å². The van der Waals surface area contributed by atoms with Gasteiger partial charge in [0.05, 0.1) is 10.6 Å². The number of hydrogen-bond acceptors (Lipinski definition) is 3. The van der Waals surface area contributed by atoms with E-state index in [0.29, 0.717) is 16.0 Å². The van der Waals surface area contributed by atoms with Gasteiger partial charge < -0.3 is 10.6 Å². The quantitative estimate of drug-likeness (QED) is 0.748. The van der Waals surface area contributed by atoms with E-state index in [4.69, 9.17) is 11.6 Å². The lowest BCUT2D eigenvalue weighted by molar-refractivity contribution is -0.0503. The monoisotopic (exact) mass is 427 g/mol. The summed E-state index contributed by atoms with van der Waals surface area (Å²) in [4.78, 5) is 15.6. The third-order valence-electron chi connectivity index (χ3n) is 8.94. The zero-order chi connectivity index (χ0) is 20.3. The number of carbonyl (C=O) groups is 1. The van der Waals surface area contributed by atoms with Gasteiger partial charge in [-0.1, -0.05) is 17.7 Å². The maximum atomic E-state index is 13.1. The van der Waals surface area contributed by atoms with E-state index in [0.717, 1.165) is 68.9 Å². The Balaban J connectivity index is 1.11. The molecule has 2 aliphatic heterocycles. The van der Waals surface area contributed by atoms with E-state index in [2.05, 4.69) is 21.6 Å². The van der Waals surface area contributed by atoms with Crippen molar-refractivity contribution in [3.05, 3.63) is 34.3 Å². The smallest absolute Gasteiger partial charge is 0.252 e. The second-order valence-electron chi connectivity index (χ2n) is 11.3. The van der Waals surface area contributed by atoms with E-state index in [-0.39, 0.29) is 5.91 Å². The van der Waals surface area contributed by atoms with Crippen molar-refractivity contribution in [2.75, 3.05) is 32.7 Å². The normalized spacial score (nSPS) is 39.4. The highest BCUT2D eigenvalue weighted by Crippen LogP contribution is 2.59. The molecule has 5 heteroatoms. The Morgan fingerprint density at radius 3 is 2.33 bits per heavy atom.